The molecule has 0 aliphatic heterocycles. The summed E-state index contributed by atoms with van der Waals surface area (Å²) in [5.74, 6) is 2.61. The van der Waals surface area contributed by atoms with Crippen LogP contribution < -0.4 is 11.1 Å². The van der Waals surface area contributed by atoms with Gasteiger partial charge in [0, 0.05) is 6.04 Å². The highest BCUT2D eigenvalue weighted by molar-refractivity contribution is 5.51. The monoisotopic (exact) mass is 233 g/mol. The summed E-state index contributed by atoms with van der Waals surface area (Å²) in [6.07, 6.45) is 5.57. The number of aromatic nitrogens is 1. The molecule has 1 aromatic rings. The van der Waals surface area contributed by atoms with Gasteiger partial charge in [0.1, 0.15) is 5.82 Å². The van der Waals surface area contributed by atoms with Crippen molar-refractivity contribution < 1.29 is 0 Å². The minimum atomic E-state index is 0.559. The highest BCUT2D eigenvalue weighted by atomic mass is 15.0. The standard InChI is InChI=1S/C14H23N3/c1-9-4-10(2)6-13(5-9)17-14-11(3)7-12(15)8-16-14/h7-10,13H,4-6,15H2,1-3H3,(H,16,17). The molecule has 0 spiro atoms. The number of rotatable bonds is 2. The molecule has 0 saturated heterocycles. The minimum absolute atomic E-state index is 0.559. The van der Waals surface area contributed by atoms with Gasteiger partial charge in [-0.1, -0.05) is 13.8 Å². The smallest absolute Gasteiger partial charge is 0.129 e. The predicted molar refractivity (Wildman–Crippen MR) is 73.0 cm³/mol. The number of aryl methyl sites for hydroxylation is 1. The van der Waals surface area contributed by atoms with Crippen molar-refractivity contribution in [3.8, 4) is 0 Å². The third-order valence-corrected chi connectivity index (χ3v) is 3.62. The summed E-state index contributed by atoms with van der Waals surface area (Å²) in [5, 5.41) is 3.57. The molecule has 1 aliphatic rings. The van der Waals surface area contributed by atoms with Gasteiger partial charge in [-0.3, -0.25) is 0 Å². The van der Waals surface area contributed by atoms with Gasteiger partial charge >= 0.3 is 0 Å². The number of nitrogens with two attached hydrogens (primary N) is 1. The zero-order valence-corrected chi connectivity index (χ0v) is 11.0. The number of anilines is 2. The molecule has 94 valence electrons. The van der Waals surface area contributed by atoms with Crippen LogP contribution in [0.3, 0.4) is 0 Å². The summed E-state index contributed by atoms with van der Waals surface area (Å²) in [4.78, 5) is 4.39. The molecule has 0 bridgehead atoms. The van der Waals surface area contributed by atoms with E-state index in [0.717, 1.165) is 28.9 Å². The van der Waals surface area contributed by atoms with E-state index in [0.29, 0.717) is 6.04 Å². The van der Waals surface area contributed by atoms with Crippen molar-refractivity contribution in [2.24, 2.45) is 11.8 Å². The number of pyridine rings is 1. The molecule has 3 nitrogen and oxygen atoms in total. The van der Waals surface area contributed by atoms with Gasteiger partial charge in [-0.2, -0.15) is 0 Å². The predicted octanol–water partition coefficient (Wildman–Crippen LogP) is 3.21. The second kappa shape index (κ2) is 4.94. The Morgan fingerprint density at radius 1 is 1.24 bits per heavy atom. The molecular weight excluding hydrogens is 210 g/mol. The van der Waals surface area contributed by atoms with Crippen LogP contribution in [0.4, 0.5) is 11.5 Å². The molecule has 0 radical (unpaired) electrons. The molecule has 2 atom stereocenters. The average Bonchev–Trinajstić information content (AvgIpc) is 2.21. The van der Waals surface area contributed by atoms with Crippen LogP contribution in [0.2, 0.25) is 0 Å². The zero-order valence-electron chi connectivity index (χ0n) is 11.0. The third kappa shape index (κ3) is 3.11. The fraction of sp³-hybridized carbons (Fsp3) is 0.643. The van der Waals surface area contributed by atoms with E-state index in [1.807, 2.05) is 6.07 Å². The van der Waals surface area contributed by atoms with Crippen LogP contribution >= 0.6 is 0 Å². The third-order valence-electron chi connectivity index (χ3n) is 3.62. The Kier molecular flexibility index (Phi) is 3.55. The van der Waals surface area contributed by atoms with E-state index in [4.69, 9.17) is 5.73 Å². The largest absolute Gasteiger partial charge is 0.397 e. The van der Waals surface area contributed by atoms with Crippen LogP contribution in [0, 0.1) is 18.8 Å². The van der Waals surface area contributed by atoms with Crippen molar-refractivity contribution in [1.29, 1.82) is 0 Å². The van der Waals surface area contributed by atoms with E-state index in [9.17, 15) is 0 Å². The molecule has 1 heterocycles. The summed E-state index contributed by atoms with van der Waals surface area (Å²) in [6, 6.07) is 2.54. The molecule has 3 heteroatoms. The second-order valence-corrected chi connectivity index (χ2v) is 5.69. The quantitative estimate of drug-likeness (QED) is 0.824. The van der Waals surface area contributed by atoms with E-state index in [-0.39, 0.29) is 0 Å². The van der Waals surface area contributed by atoms with E-state index in [1.54, 1.807) is 6.20 Å². The maximum atomic E-state index is 5.71. The van der Waals surface area contributed by atoms with Gasteiger partial charge in [0.05, 0.1) is 11.9 Å². The lowest BCUT2D eigenvalue weighted by Crippen LogP contribution is -2.30. The van der Waals surface area contributed by atoms with Crippen LogP contribution in [0.5, 0.6) is 0 Å². The summed E-state index contributed by atoms with van der Waals surface area (Å²) >= 11 is 0. The number of hydrogen-bond acceptors (Lipinski definition) is 3. The van der Waals surface area contributed by atoms with Gasteiger partial charge in [0.2, 0.25) is 0 Å². The molecule has 2 rings (SSSR count). The Morgan fingerprint density at radius 2 is 1.88 bits per heavy atom. The van der Waals surface area contributed by atoms with Crippen molar-refractivity contribution in [1.82, 2.24) is 4.98 Å². The van der Waals surface area contributed by atoms with Gasteiger partial charge in [-0.25, -0.2) is 4.98 Å². The molecule has 0 amide bonds. The summed E-state index contributed by atoms with van der Waals surface area (Å²) in [5.41, 5.74) is 7.58. The highest BCUT2D eigenvalue weighted by Crippen LogP contribution is 2.30. The van der Waals surface area contributed by atoms with Crippen molar-refractivity contribution in [2.45, 2.75) is 46.1 Å². The summed E-state index contributed by atoms with van der Waals surface area (Å²) in [6.45, 7) is 6.74. The molecular formula is C14H23N3. The van der Waals surface area contributed by atoms with Gasteiger partial charge < -0.3 is 11.1 Å². The first-order chi connectivity index (χ1) is 8.04. The number of nitrogens with zero attached hydrogens (tertiary/aromatic N) is 1. The van der Waals surface area contributed by atoms with Gasteiger partial charge in [-0.05, 0) is 49.7 Å². The summed E-state index contributed by atoms with van der Waals surface area (Å²) in [7, 11) is 0. The number of nitrogen functional groups attached to an aromatic ring is 1. The number of nitrogens with one attached hydrogen (secondary N) is 1. The molecule has 1 aromatic heterocycles. The Morgan fingerprint density at radius 3 is 2.47 bits per heavy atom. The van der Waals surface area contributed by atoms with Crippen LogP contribution in [0.1, 0.15) is 38.7 Å². The molecule has 1 fully saturated rings. The molecule has 2 unspecified atom stereocenters. The Hall–Kier alpha value is -1.25. The molecule has 17 heavy (non-hydrogen) atoms. The average molecular weight is 233 g/mol. The first kappa shape index (κ1) is 12.2. The first-order valence-electron chi connectivity index (χ1n) is 6.53. The van der Waals surface area contributed by atoms with E-state index >= 15 is 0 Å². The second-order valence-electron chi connectivity index (χ2n) is 5.69. The molecule has 0 aromatic carbocycles. The van der Waals surface area contributed by atoms with E-state index in [2.05, 4.69) is 31.1 Å². The maximum absolute atomic E-state index is 5.71. The Balaban J connectivity index is 2.04. The SMILES string of the molecule is Cc1cc(N)cnc1NC1CC(C)CC(C)C1. The van der Waals surface area contributed by atoms with Crippen LogP contribution in [0.15, 0.2) is 12.3 Å². The molecule has 1 saturated carbocycles. The summed E-state index contributed by atoms with van der Waals surface area (Å²) < 4.78 is 0. The first-order valence-corrected chi connectivity index (χ1v) is 6.53. The lowest BCUT2D eigenvalue weighted by atomic mass is 9.80. The maximum Gasteiger partial charge on any atom is 0.129 e. The van der Waals surface area contributed by atoms with Crippen LogP contribution in [-0.4, -0.2) is 11.0 Å². The van der Waals surface area contributed by atoms with Gasteiger partial charge in [0.15, 0.2) is 0 Å². The highest BCUT2D eigenvalue weighted by Gasteiger charge is 2.24. The Labute approximate surface area is 104 Å². The molecule has 3 N–H and O–H groups in total. The van der Waals surface area contributed by atoms with Crippen molar-refractivity contribution in [3.63, 3.8) is 0 Å². The zero-order chi connectivity index (χ0) is 12.4. The van der Waals surface area contributed by atoms with Gasteiger partial charge in [0.25, 0.3) is 0 Å². The van der Waals surface area contributed by atoms with Gasteiger partial charge in [-0.15, -0.1) is 0 Å². The van der Waals surface area contributed by atoms with Crippen molar-refractivity contribution in [3.05, 3.63) is 17.8 Å². The lowest BCUT2D eigenvalue weighted by molar-refractivity contribution is 0.280. The Bertz CT molecular complexity index is 379. The lowest BCUT2D eigenvalue weighted by Gasteiger charge is -2.32. The van der Waals surface area contributed by atoms with Crippen molar-refractivity contribution in [2.75, 3.05) is 11.1 Å². The number of hydrogen-bond donors (Lipinski definition) is 2. The molecule has 1 aliphatic carbocycles. The van der Waals surface area contributed by atoms with Crippen LogP contribution in [-0.2, 0) is 0 Å². The topological polar surface area (TPSA) is 50.9 Å². The fourth-order valence-corrected chi connectivity index (χ4v) is 3.01. The normalized spacial score (nSPS) is 29.0. The van der Waals surface area contributed by atoms with Crippen LogP contribution in [0.25, 0.3) is 0 Å². The van der Waals surface area contributed by atoms with E-state index in [1.165, 1.54) is 19.3 Å². The van der Waals surface area contributed by atoms with E-state index < -0.39 is 0 Å². The van der Waals surface area contributed by atoms with Crippen molar-refractivity contribution >= 4 is 11.5 Å². The fourth-order valence-electron chi connectivity index (χ4n) is 3.01. The minimum Gasteiger partial charge on any atom is -0.397 e.